The molecule has 0 fully saturated rings. The van der Waals surface area contributed by atoms with Gasteiger partial charge in [0.25, 0.3) is 0 Å². The molecule has 0 aliphatic heterocycles. The van der Waals surface area contributed by atoms with Crippen molar-refractivity contribution in [3.63, 3.8) is 0 Å². The number of aromatic hydroxyl groups is 1. The SMILES string of the molecule is CCCC(=O)Oc1cc(-c2cc3ccccc3cn2)cc(O)c1C(C)C. The van der Waals surface area contributed by atoms with Crippen molar-refractivity contribution in [1.29, 1.82) is 0 Å². The summed E-state index contributed by atoms with van der Waals surface area (Å²) < 4.78 is 5.55. The highest BCUT2D eigenvalue weighted by Crippen LogP contribution is 2.39. The standard InChI is InChI=1S/C22H23NO3/c1-4-7-21(25)26-20-12-17(11-19(24)22(20)14(2)3)18-10-15-8-5-6-9-16(15)13-23-18/h5-6,8-14,24H,4,7H2,1-3H3. The third-order valence-electron chi connectivity index (χ3n) is 4.30. The fraction of sp³-hybridized carbons (Fsp3) is 0.273. The van der Waals surface area contributed by atoms with Gasteiger partial charge in [-0.25, -0.2) is 0 Å². The van der Waals surface area contributed by atoms with Crippen LogP contribution in [0.25, 0.3) is 22.0 Å². The van der Waals surface area contributed by atoms with E-state index in [9.17, 15) is 9.90 Å². The molecule has 1 N–H and O–H groups in total. The first-order chi connectivity index (χ1) is 12.5. The van der Waals surface area contributed by atoms with Crippen LogP contribution < -0.4 is 4.74 Å². The number of hydrogen-bond acceptors (Lipinski definition) is 4. The Balaban J connectivity index is 2.09. The van der Waals surface area contributed by atoms with Gasteiger partial charge in [0.2, 0.25) is 0 Å². The van der Waals surface area contributed by atoms with Crippen molar-refractivity contribution in [2.24, 2.45) is 0 Å². The summed E-state index contributed by atoms with van der Waals surface area (Å²) >= 11 is 0. The number of esters is 1. The van der Waals surface area contributed by atoms with Gasteiger partial charge in [0.1, 0.15) is 11.5 Å². The predicted molar refractivity (Wildman–Crippen MR) is 103 cm³/mol. The third-order valence-corrected chi connectivity index (χ3v) is 4.30. The lowest BCUT2D eigenvalue weighted by Gasteiger charge is -2.16. The molecule has 3 rings (SSSR count). The van der Waals surface area contributed by atoms with Crippen LogP contribution in [-0.2, 0) is 4.79 Å². The van der Waals surface area contributed by atoms with Gasteiger partial charge in [0, 0.05) is 29.1 Å². The van der Waals surface area contributed by atoms with Crippen LogP contribution in [0.5, 0.6) is 11.5 Å². The first-order valence-corrected chi connectivity index (χ1v) is 8.92. The molecule has 0 spiro atoms. The Morgan fingerprint density at radius 1 is 1.15 bits per heavy atom. The third kappa shape index (κ3) is 3.69. The van der Waals surface area contributed by atoms with E-state index in [-0.39, 0.29) is 17.6 Å². The number of carbonyl (C=O) groups excluding carboxylic acids is 1. The Labute approximate surface area is 153 Å². The minimum Gasteiger partial charge on any atom is -0.507 e. The van der Waals surface area contributed by atoms with Crippen molar-refractivity contribution in [3.8, 4) is 22.8 Å². The quantitative estimate of drug-likeness (QED) is 0.492. The Hall–Kier alpha value is -2.88. The molecule has 0 unspecified atom stereocenters. The van der Waals surface area contributed by atoms with E-state index >= 15 is 0 Å². The molecule has 1 heterocycles. The van der Waals surface area contributed by atoms with Gasteiger partial charge in [-0.2, -0.15) is 0 Å². The number of ether oxygens (including phenoxy) is 1. The van der Waals surface area contributed by atoms with E-state index in [1.807, 2.05) is 51.1 Å². The molecule has 0 bridgehead atoms. The molecule has 0 saturated heterocycles. The molecule has 0 atom stereocenters. The summed E-state index contributed by atoms with van der Waals surface area (Å²) in [6, 6.07) is 13.4. The molecule has 4 heteroatoms. The van der Waals surface area contributed by atoms with Crippen LogP contribution >= 0.6 is 0 Å². The maximum absolute atomic E-state index is 12.0. The average molecular weight is 349 g/mol. The lowest BCUT2D eigenvalue weighted by atomic mass is 9.97. The van der Waals surface area contributed by atoms with E-state index in [1.165, 1.54) is 0 Å². The molecular weight excluding hydrogens is 326 g/mol. The van der Waals surface area contributed by atoms with Crippen LogP contribution in [0.15, 0.2) is 48.7 Å². The minimum absolute atomic E-state index is 0.0260. The lowest BCUT2D eigenvalue weighted by molar-refractivity contribution is -0.134. The highest BCUT2D eigenvalue weighted by Gasteiger charge is 2.18. The topological polar surface area (TPSA) is 59.4 Å². The van der Waals surface area contributed by atoms with Crippen LogP contribution in [0.1, 0.15) is 45.1 Å². The molecule has 26 heavy (non-hydrogen) atoms. The monoisotopic (exact) mass is 349 g/mol. The number of hydrogen-bond donors (Lipinski definition) is 1. The highest BCUT2D eigenvalue weighted by molar-refractivity contribution is 5.85. The Bertz CT molecular complexity index is 947. The molecule has 0 amide bonds. The molecule has 0 saturated carbocycles. The number of aromatic nitrogens is 1. The molecule has 0 radical (unpaired) electrons. The molecule has 0 aliphatic rings. The first kappa shape index (κ1) is 17.9. The Kier molecular flexibility index (Phi) is 5.21. The Morgan fingerprint density at radius 3 is 2.58 bits per heavy atom. The number of carbonyl (C=O) groups is 1. The maximum Gasteiger partial charge on any atom is 0.311 e. The fourth-order valence-electron chi connectivity index (χ4n) is 3.04. The van der Waals surface area contributed by atoms with Gasteiger partial charge < -0.3 is 9.84 Å². The lowest BCUT2D eigenvalue weighted by Crippen LogP contribution is -2.09. The van der Waals surface area contributed by atoms with Crippen LogP contribution in [0.2, 0.25) is 0 Å². The summed E-state index contributed by atoms with van der Waals surface area (Å²) in [4.78, 5) is 16.5. The van der Waals surface area contributed by atoms with Crippen molar-refractivity contribution in [2.45, 2.75) is 39.5 Å². The second-order valence-corrected chi connectivity index (χ2v) is 6.70. The summed E-state index contributed by atoms with van der Waals surface area (Å²) in [5, 5.41) is 12.7. The molecule has 4 nitrogen and oxygen atoms in total. The van der Waals surface area contributed by atoms with Crippen LogP contribution in [0, 0.1) is 0 Å². The van der Waals surface area contributed by atoms with Crippen molar-refractivity contribution in [3.05, 3.63) is 54.2 Å². The number of benzene rings is 2. The van der Waals surface area contributed by atoms with Crippen molar-refractivity contribution < 1.29 is 14.6 Å². The summed E-state index contributed by atoms with van der Waals surface area (Å²) in [5.74, 6) is 0.255. The van der Waals surface area contributed by atoms with E-state index in [0.29, 0.717) is 24.2 Å². The van der Waals surface area contributed by atoms with Gasteiger partial charge in [-0.15, -0.1) is 0 Å². The second-order valence-electron chi connectivity index (χ2n) is 6.70. The molecule has 3 aromatic rings. The van der Waals surface area contributed by atoms with Crippen molar-refractivity contribution in [2.75, 3.05) is 0 Å². The number of nitrogens with zero attached hydrogens (tertiary/aromatic N) is 1. The van der Waals surface area contributed by atoms with Crippen molar-refractivity contribution >= 4 is 16.7 Å². The number of rotatable bonds is 5. The van der Waals surface area contributed by atoms with E-state index in [0.717, 1.165) is 22.0 Å². The van der Waals surface area contributed by atoms with Crippen LogP contribution in [-0.4, -0.2) is 16.1 Å². The molecular formula is C22H23NO3. The number of pyridine rings is 1. The largest absolute Gasteiger partial charge is 0.507 e. The summed E-state index contributed by atoms with van der Waals surface area (Å²) in [7, 11) is 0. The molecule has 134 valence electrons. The second kappa shape index (κ2) is 7.56. The van der Waals surface area contributed by atoms with E-state index in [2.05, 4.69) is 4.98 Å². The molecule has 2 aromatic carbocycles. The van der Waals surface area contributed by atoms with Gasteiger partial charge in [0.15, 0.2) is 0 Å². The van der Waals surface area contributed by atoms with Gasteiger partial charge in [-0.1, -0.05) is 45.0 Å². The predicted octanol–water partition coefficient (Wildman–Crippen LogP) is 5.44. The zero-order valence-corrected chi connectivity index (χ0v) is 15.3. The van der Waals surface area contributed by atoms with E-state index < -0.39 is 0 Å². The Morgan fingerprint density at radius 2 is 1.88 bits per heavy atom. The normalized spacial score (nSPS) is 11.1. The number of phenolic OH excluding ortho intramolecular Hbond substituents is 1. The summed E-state index contributed by atoms with van der Waals surface area (Å²) in [5.41, 5.74) is 2.08. The molecule has 1 aromatic heterocycles. The first-order valence-electron chi connectivity index (χ1n) is 8.92. The van der Waals surface area contributed by atoms with Gasteiger partial charge in [-0.05, 0) is 35.9 Å². The highest BCUT2D eigenvalue weighted by atomic mass is 16.5. The molecule has 0 aliphatic carbocycles. The van der Waals surface area contributed by atoms with Crippen LogP contribution in [0.3, 0.4) is 0 Å². The van der Waals surface area contributed by atoms with Gasteiger partial charge in [-0.3, -0.25) is 9.78 Å². The number of phenols is 1. The fourth-order valence-corrected chi connectivity index (χ4v) is 3.04. The van der Waals surface area contributed by atoms with Crippen LogP contribution in [0.4, 0.5) is 0 Å². The van der Waals surface area contributed by atoms with E-state index in [1.54, 1.807) is 18.3 Å². The maximum atomic E-state index is 12.0. The minimum atomic E-state index is -0.294. The van der Waals surface area contributed by atoms with E-state index in [4.69, 9.17) is 4.74 Å². The summed E-state index contributed by atoms with van der Waals surface area (Å²) in [6.07, 6.45) is 2.87. The summed E-state index contributed by atoms with van der Waals surface area (Å²) in [6.45, 7) is 5.85. The van der Waals surface area contributed by atoms with Gasteiger partial charge >= 0.3 is 5.97 Å². The van der Waals surface area contributed by atoms with Gasteiger partial charge in [0.05, 0.1) is 5.69 Å². The zero-order chi connectivity index (χ0) is 18.7. The smallest absolute Gasteiger partial charge is 0.311 e. The number of fused-ring (bicyclic) bond motifs is 1. The average Bonchev–Trinajstić information content (AvgIpc) is 2.60. The zero-order valence-electron chi connectivity index (χ0n) is 15.3. The van der Waals surface area contributed by atoms with Crippen molar-refractivity contribution in [1.82, 2.24) is 4.98 Å².